The fourth-order valence-electron chi connectivity index (χ4n) is 2.36. The Bertz CT molecular complexity index is 298. The van der Waals surface area contributed by atoms with Crippen LogP contribution in [0.2, 0.25) is 0 Å². The van der Waals surface area contributed by atoms with Crippen LogP contribution in [0.4, 0.5) is 0 Å². The van der Waals surface area contributed by atoms with Gasteiger partial charge in [0.2, 0.25) is 0 Å². The molecule has 1 aliphatic heterocycles. The molecular formula is C14H33N4O3P. The Morgan fingerprint density at radius 3 is 1.77 bits per heavy atom. The SMILES string of the molecule is CCOP(=O)(CCN1CCNCCNCCNCC1)OCC. The Hall–Kier alpha value is -0.0100. The van der Waals surface area contributed by atoms with Gasteiger partial charge in [0.1, 0.15) is 0 Å². The van der Waals surface area contributed by atoms with Gasteiger partial charge >= 0.3 is 7.60 Å². The molecule has 1 rings (SSSR count). The molecule has 1 fully saturated rings. The van der Waals surface area contributed by atoms with E-state index in [9.17, 15) is 4.57 Å². The maximum atomic E-state index is 12.5. The van der Waals surface area contributed by atoms with Crippen molar-refractivity contribution in [1.29, 1.82) is 0 Å². The molecule has 0 spiro atoms. The third-order valence-corrected chi connectivity index (χ3v) is 5.56. The second-order valence-corrected chi connectivity index (χ2v) is 7.45. The molecule has 132 valence electrons. The van der Waals surface area contributed by atoms with E-state index < -0.39 is 7.60 Å². The largest absolute Gasteiger partial charge is 0.331 e. The minimum Gasteiger partial charge on any atom is -0.314 e. The third-order valence-electron chi connectivity index (χ3n) is 3.51. The molecule has 22 heavy (non-hydrogen) atoms. The highest BCUT2D eigenvalue weighted by Gasteiger charge is 2.24. The summed E-state index contributed by atoms with van der Waals surface area (Å²) in [5, 5.41) is 10.2. The van der Waals surface area contributed by atoms with E-state index in [0.29, 0.717) is 19.4 Å². The molecule has 1 saturated heterocycles. The minimum atomic E-state index is -2.94. The van der Waals surface area contributed by atoms with E-state index in [4.69, 9.17) is 9.05 Å². The zero-order valence-electron chi connectivity index (χ0n) is 14.1. The van der Waals surface area contributed by atoms with Crippen molar-refractivity contribution in [2.24, 2.45) is 0 Å². The van der Waals surface area contributed by atoms with Crippen LogP contribution in [0.15, 0.2) is 0 Å². The van der Waals surface area contributed by atoms with Gasteiger partial charge in [-0.15, -0.1) is 0 Å². The van der Waals surface area contributed by atoms with Gasteiger partial charge in [0.15, 0.2) is 0 Å². The average molecular weight is 336 g/mol. The molecule has 1 heterocycles. The quantitative estimate of drug-likeness (QED) is 0.579. The Kier molecular flexibility index (Phi) is 11.3. The minimum absolute atomic E-state index is 0.424. The van der Waals surface area contributed by atoms with Gasteiger partial charge in [0, 0.05) is 58.9 Å². The van der Waals surface area contributed by atoms with Gasteiger partial charge in [-0.05, 0) is 13.8 Å². The van der Waals surface area contributed by atoms with Crippen molar-refractivity contribution in [3.05, 3.63) is 0 Å². The van der Waals surface area contributed by atoms with Crippen LogP contribution in [0.1, 0.15) is 13.8 Å². The van der Waals surface area contributed by atoms with Gasteiger partial charge in [-0.1, -0.05) is 0 Å². The van der Waals surface area contributed by atoms with Gasteiger partial charge in [0.05, 0.1) is 19.4 Å². The summed E-state index contributed by atoms with van der Waals surface area (Å²) >= 11 is 0. The van der Waals surface area contributed by atoms with Crippen LogP contribution in [-0.4, -0.2) is 83.2 Å². The van der Waals surface area contributed by atoms with Crippen LogP contribution in [0.3, 0.4) is 0 Å². The normalized spacial score (nSPS) is 20.3. The van der Waals surface area contributed by atoms with Crippen molar-refractivity contribution in [3.63, 3.8) is 0 Å². The molecule has 0 amide bonds. The maximum absolute atomic E-state index is 12.5. The molecule has 8 heteroatoms. The zero-order chi connectivity index (χ0) is 16.1. The Balaban J connectivity index is 2.41. The summed E-state index contributed by atoms with van der Waals surface area (Å²) in [4.78, 5) is 2.32. The van der Waals surface area contributed by atoms with Crippen LogP contribution in [0.25, 0.3) is 0 Å². The summed E-state index contributed by atoms with van der Waals surface area (Å²) in [7, 11) is -2.94. The predicted octanol–water partition coefficient (Wildman–Crippen LogP) is 0.337. The molecule has 0 aromatic heterocycles. The molecule has 0 aromatic carbocycles. The number of hydrogen-bond donors (Lipinski definition) is 3. The molecule has 1 aliphatic rings. The fraction of sp³-hybridized carbons (Fsp3) is 1.00. The van der Waals surface area contributed by atoms with E-state index in [1.54, 1.807) is 0 Å². The summed E-state index contributed by atoms with van der Waals surface area (Å²) in [6, 6.07) is 0. The molecular weight excluding hydrogens is 303 g/mol. The molecule has 0 atom stereocenters. The average Bonchev–Trinajstić information content (AvgIpc) is 2.47. The fourth-order valence-corrected chi connectivity index (χ4v) is 4.01. The smallest absolute Gasteiger partial charge is 0.314 e. The van der Waals surface area contributed by atoms with Crippen LogP contribution in [-0.2, 0) is 13.6 Å². The lowest BCUT2D eigenvalue weighted by atomic mass is 10.4. The van der Waals surface area contributed by atoms with Gasteiger partial charge in [-0.3, -0.25) is 4.57 Å². The zero-order valence-corrected chi connectivity index (χ0v) is 15.0. The van der Waals surface area contributed by atoms with Crippen molar-refractivity contribution in [2.45, 2.75) is 13.8 Å². The van der Waals surface area contributed by atoms with Gasteiger partial charge in [-0.25, -0.2) is 0 Å². The van der Waals surface area contributed by atoms with Crippen molar-refractivity contribution < 1.29 is 13.6 Å². The summed E-state index contributed by atoms with van der Waals surface area (Å²) in [5.41, 5.74) is 0. The van der Waals surface area contributed by atoms with Crippen molar-refractivity contribution in [3.8, 4) is 0 Å². The summed E-state index contributed by atoms with van der Waals surface area (Å²) in [5.74, 6) is 0. The number of rotatable bonds is 7. The van der Waals surface area contributed by atoms with E-state index in [-0.39, 0.29) is 0 Å². The van der Waals surface area contributed by atoms with Gasteiger partial charge in [0.25, 0.3) is 0 Å². The first-order valence-electron chi connectivity index (χ1n) is 8.43. The maximum Gasteiger partial charge on any atom is 0.331 e. The first-order chi connectivity index (χ1) is 10.7. The molecule has 0 unspecified atom stereocenters. The molecule has 0 aromatic rings. The molecule has 3 N–H and O–H groups in total. The van der Waals surface area contributed by atoms with Crippen LogP contribution in [0.5, 0.6) is 0 Å². The summed E-state index contributed by atoms with van der Waals surface area (Å²) < 4.78 is 23.3. The highest BCUT2D eigenvalue weighted by molar-refractivity contribution is 7.53. The third kappa shape index (κ3) is 9.20. The Morgan fingerprint density at radius 1 is 0.864 bits per heavy atom. The second-order valence-electron chi connectivity index (χ2n) is 5.26. The van der Waals surface area contributed by atoms with Crippen LogP contribution in [0, 0.1) is 0 Å². The Morgan fingerprint density at radius 2 is 1.32 bits per heavy atom. The monoisotopic (exact) mass is 336 g/mol. The number of hydrogen-bond acceptors (Lipinski definition) is 7. The Labute approximate surface area is 135 Å². The van der Waals surface area contributed by atoms with Crippen LogP contribution < -0.4 is 16.0 Å². The molecule has 7 nitrogen and oxygen atoms in total. The van der Waals surface area contributed by atoms with E-state index in [1.165, 1.54) is 0 Å². The lowest BCUT2D eigenvalue weighted by molar-refractivity contribution is 0.211. The summed E-state index contributed by atoms with van der Waals surface area (Å²) in [6.45, 7) is 13.0. The number of nitrogens with zero attached hydrogens (tertiary/aromatic N) is 1. The highest BCUT2D eigenvalue weighted by atomic mass is 31.2. The van der Waals surface area contributed by atoms with Crippen molar-refractivity contribution in [2.75, 3.05) is 78.3 Å². The highest BCUT2D eigenvalue weighted by Crippen LogP contribution is 2.47. The first kappa shape index (κ1) is 20.0. The molecule has 0 aliphatic carbocycles. The van der Waals surface area contributed by atoms with Crippen LogP contribution >= 0.6 is 7.60 Å². The first-order valence-corrected chi connectivity index (χ1v) is 10.2. The van der Waals surface area contributed by atoms with Gasteiger partial charge < -0.3 is 29.9 Å². The molecule has 0 radical (unpaired) electrons. The van der Waals surface area contributed by atoms with E-state index in [2.05, 4.69) is 20.9 Å². The van der Waals surface area contributed by atoms with Gasteiger partial charge in [-0.2, -0.15) is 0 Å². The molecule has 0 saturated carbocycles. The van der Waals surface area contributed by atoms with E-state index >= 15 is 0 Å². The van der Waals surface area contributed by atoms with E-state index in [1.807, 2.05) is 13.8 Å². The lowest BCUT2D eigenvalue weighted by Gasteiger charge is -2.25. The van der Waals surface area contributed by atoms with E-state index in [0.717, 1.165) is 58.9 Å². The predicted molar refractivity (Wildman–Crippen MR) is 90.8 cm³/mol. The van der Waals surface area contributed by atoms with Crippen molar-refractivity contribution >= 4 is 7.60 Å². The molecule has 0 bridgehead atoms. The summed E-state index contributed by atoms with van der Waals surface area (Å²) in [6.07, 6.45) is 0.455. The number of nitrogens with one attached hydrogen (secondary N) is 3. The van der Waals surface area contributed by atoms with Crippen molar-refractivity contribution in [1.82, 2.24) is 20.9 Å². The second kappa shape index (κ2) is 12.4. The standard InChI is InChI=1S/C14H33N4O3P/c1-3-20-22(19,21-4-2)14-13-18-11-9-16-7-5-15-6-8-17-10-12-18/h15-17H,3-14H2,1-2H3. The topological polar surface area (TPSA) is 74.9 Å². The lowest BCUT2D eigenvalue weighted by Crippen LogP contribution is -2.42.